The molecule has 0 spiro atoms. The van der Waals surface area contributed by atoms with Gasteiger partial charge in [0.1, 0.15) is 5.75 Å². The molecule has 0 amide bonds. The first-order chi connectivity index (χ1) is 13.8. The summed E-state index contributed by atoms with van der Waals surface area (Å²) in [6.45, 7) is 5.19. The zero-order valence-corrected chi connectivity index (χ0v) is 17.6. The number of nitrogens with zero attached hydrogens (tertiary/aromatic N) is 1. The summed E-state index contributed by atoms with van der Waals surface area (Å²) < 4.78 is 6.28. The Hall–Kier alpha value is -1.10. The number of benzene rings is 1. The molecule has 2 unspecified atom stereocenters. The van der Waals surface area contributed by atoms with Gasteiger partial charge in [-0.1, -0.05) is 25.0 Å². The van der Waals surface area contributed by atoms with E-state index >= 15 is 0 Å². The number of nitrogens with one attached hydrogen (secondary N) is 1. The molecule has 2 atom stereocenters. The zero-order valence-electron chi connectivity index (χ0n) is 17.6. The topological polar surface area (TPSA) is 33.7 Å². The van der Waals surface area contributed by atoms with E-state index in [1.807, 2.05) is 0 Å². The number of hydrogen-bond donors (Lipinski definition) is 1. The minimum atomic E-state index is 0.233. The summed E-state index contributed by atoms with van der Waals surface area (Å²) in [7, 11) is 0. The Labute approximate surface area is 170 Å². The molecular formula is C24H38N2O2. The van der Waals surface area contributed by atoms with Gasteiger partial charge in [-0.2, -0.15) is 5.48 Å². The lowest BCUT2D eigenvalue weighted by molar-refractivity contribution is -0.00913. The van der Waals surface area contributed by atoms with Gasteiger partial charge in [0.2, 0.25) is 0 Å². The lowest BCUT2D eigenvalue weighted by atomic mass is 9.86. The number of piperidine rings is 1. The van der Waals surface area contributed by atoms with Crippen LogP contribution in [0, 0.1) is 5.92 Å². The molecule has 2 aliphatic carbocycles. The second-order valence-electron chi connectivity index (χ2n) is 8.96. The van der Waals surface area contributed by atoms with Crippen molar-refractivity contribution in [3.8, 4) is 5.75 Å². The van der Waals surface area contributed by atoms with E-state index in [9.17, 15) is 0 Å². The van der Waals surface area contributed by atoms with E-state index < -0.39 is 0 Å². The Bertz CT molecular complexity index is 596. The molecule has 28 heavy (non-hydrogen) atoms. The summed E-state index contributed by atoms with van der Waals surface area (Å²) in [5.74, 6) is 1.61. The van der Waals surface area contributed by atoms with Crippen molar-refractivity contribution in [3.63, 3.8) is 0 Å². The molecule has 3 aliphatic rings. The molecule has 1 aromatic rings. The van der Waals surface area contributed by atoms with Crippen molar-refractivity contribution in [2.45, 2.75) is 89.3 Å². The lowest BCUT2D eigenvalue weighted by Gasteiger charge is -2.40. The third kappa shape index (κ3) is 5.08. The number of ether oxygens (including phenoxy) is 1. The predicted molar refractivity (Wildman–Crippen MR) is 113 cm³/mol. The Balaban J connectivity index is 1.47. The maximum absolute atomic E-state index is 6.28. The van der Waals surface area contributed by atoms with Crippen LogP contribution in [0.1, 0.15) is 82.7 Å². The standard InChI is InChI=1S/C24H38N2O2/c1-2-27-25-24(20-10-8-16-26(18-20)21-11-3-4-12-21)19-9-7-15-23(17-19)28-22-13-5-6-14-22/h7,9,15,17,20-22,24-25H,2-6,8,10-14,16,18H2,1H3. The van der Waals surface area contributed by atoms with E-state index in [2.05, 4.69) is 41.6 Å². The highest BCUT2D eigenvalue weighted by Crippen LogP contribution is 2.35. The molecule has 2 saturated carbocycles. The first-order valence-corrected chi connectivity index (χ1v) is 11.7. The fraction of sp³-hybridized carbons (Fsp3) is 0.750. The number of hydroxylamine groups is 1. The molecule has 1 aliphatic heterocycles. The highest BCUT2D eigenvalue weighted by molar-refractivity contribution is 5.31. The van der Waals surface area contributed by atoms with Crippen LogP contribution in [-0.2, 0) is 4.84 Å². The van der Waals surface area contributed by atoms with E-state index in [0.29, 0.717) is 18.6 Å². The van der Waals surface area contributed by atoms with Gasteiger partial charge in [-0.25, -0.2) is 0 Å². The molecule has 0 radical (unpaired) electrons. The Morgan fingerprint density at radius 2 is 1.82 bits per heavy atom. The van der Waals surface area contributed by atoms with Gasteiger partial charge in [0, 0.05) is 12.6 Å². The van der Waals surface area contributed by atoms with Crippen LogP contribution >= 0.6 is 0 Å². The number of rotatable bonds is 8. The molecule has 1 heterocycles. The summed E-state index contributed by atoms with van der Waals surface area (Å²) in [6, 6.07) is 9.81. The van der Waals surface area contributed by atoms with E-state index in [4.69, 9.17) is 9.57 Å². The molecule has 4 nitrogen and oxygen atoms in total. The van der Waals surface area contributed by atoms with Crippen molar-refractivity contribution in [2.75, 3.05) is 19.7 Å². The van der Waals surface area contributed by atoms with Crippen LogP contribution < -0.4 is 10.2 Å². The SMILES string of the molecule is CCONC(c1cccc(OC2CCCC2)c1)C1CCCN(C2CCCC2)C1. The van der Waals surface area contributed by atoms with Crippen LogP contribution in [0.25, 0.3) is 0 Å². The summed E-state index contributed by atoms with van der Waals surface area (Å²) in [5.41, 5.74) is 4.71. The molecule has 1 saturated heterocycles. The summed E-state index contributed by atoms with van der Waals surface area (Å²) in [6.07, 6.45) is 13.6. The molecule has 4 heteroatoms. The second kappa shape index (κ2) is 10.1. The third-order valence-corrected chi connectivity index (χ3v) is 6.98. The molecule has 1 N–H and O–H groups in total. The van der Waals surface area contributed by atoms with Gasteiger partial charge in [0.15, 0.2) is 0 Å². The molecule has 3 fully saturated rings. The highest BCUT2D eigenvalue weighted by atomic mass is 16.6. The van der Waals surface area contributed by atoms with Crippen LogP contribution in [0.15, 0.2) is 24.3 Å². The molecule has 0 bridgehead atoms. The van der Waals surface area contributed by atoms with Crippen molar-refractivity contribution >= 4 is 0 Å². The largest absolute Gasteiger partial charge is 0.490 e. The minimum Gasteiger partial charge on any atom is -0.490 e. The van der Waals surface area contributed by atoms with E-state index in [0.717, 1.165) is 11.8 Å². The van der Waals surface area contributed by atoms with Gasteiger partial charge in [0.25, 0.3) is 0 Å². The second-order valence-corrected chi connectivity index (χ2v) is 8.96. The maximum atomic E-state index is 6.28. The van der Waals surface area contributed by atoms with Crippen molar-refractivity contribution in [1.29, 1.82) is 0 Å². The first kappa shape index (κ1) is 20.2. The van der Waals surface area contributed by atoms with Crippen molar-refractivity contribution in [3.05, 3.63) is 29.8 Å². The van der Waals surface area contributed by atoms with Crippen molar-refractivity contribution in [2.24, 2.45) is 5.92 Å². The number of hydrogen-bond acceptors (Lipinski definition) is 4. The minimum absolute atomic E-state index is 0.233. The van der Waals surface area contributed by atoms with E-state index in [1.165, 1.54) is 82.9 Å². The predicted octanol–water partition coefficient (Wildman–Crippen LogP) is 5.24. The Morgan fingerprint density at radius 3 is 2.61 bits per heavy atom. The van der Waals surface area contributed by atoms with Crippen LogP contribution in [-0.4, -0.2) is 36.7 Å². The van der Waals surface area contributed by atoms with Gasteiger partial charge in [-0.05, 0) is 88.4 Å². The van der Waals surface area contributed by atoms with Crippen LogP contribution in [0.4, 0.5) is 0 Å². The monoisotopic (exact) mass is 386 g/mol. The Morgan fingerprint density at radius 1 is 1.04 bits per heavy atom. The van der Waals surface area contributed by atoms with Crippen LogP contribution in [0.3, 0.4) is 0 Å². The van der Waals surface area contributed by atoms with Crippen LogP contribution in [0.5, 0.6) is 5.75 Å². The molecule has 4 rings (SSSR count). The Kier molecular flexibility index (Phi) is 7.27. The molecule has 0 aromatic heterocycles. The molecular weight excluding hydrogens is 348 g/mol. The lowest BCUT2D eigenvalue weighted by Crippen LogP contribution is -2.45. The third-order valence-electron chi connectivity index (χ3n) is 6.98. The first-order valence-electron chi connectivity index (χ1n) is 11.7. The van der Waals surface area contributed by atoms with Gasteiger partial charge in [0.05, 0.1) is 18.8 Å². The number of likely N-dealkylation sites (tertiary alicyclic amines) is 1. The normalized spacial score (nSPS) is 26.0. The van der Waals surface area contributed by atoms with Gasteiger partial charge in [-0.15, -0.1) is 0 Å². The molecule has 156 valence electrons. The van der Waals surface area contributed by atoms with Crippen molar-refractivity contribution < 1.29 is 9.57 Å². The van der Waals surface area contributed by atoms with Crippen molar-refractivity contribution in [1.82, 2.24) is 10.4 Å². The summed E-state index contributed by atoms with van der Waals surface area (Å²) in [5, 5.41) is 0. The fourth-order valence-corrected chi connectivity index (χ4v) is 5.50. The fourth-order valence-electron chi connectivity index (χ4n) is 5.50. The van der Waals surface area contributed by atoms with Gasteiger partial charge in [-0.3, -0.25) is 0 Å². The summed E-state index contributed by atoms with van der Waals surface area (Å²) in [4.78, 5) is 8.49. The van der Waals surface area contributed by atoms with E-state index in [1.54, 1.807) is 0 Å². The molecule has 1 aromatic carbocycles. The smallest absolute Gasteiger partial charge is 0.120 e. The van der Waals surface area contributed by atoms with E-state index in [-0.39, 0.29) is 6.04 Å². The summed E-state index contributed by atoms with van der Waals surface area (Å²) >= 11 is 0. The van der Waals surface area contributed by atoms with Gasteiger partial charge >= 0.3 is 0 Å². The average molecular weight is 387 g/mol. The van der Waals surface area contributed by atoms with Crippen LogP contribution in [0.2, 0.25) is 0 Å². The average Bonchev–Trinajstić information content (AvgIpc) is 3.43. The maximum Gasteiger partial charge on any atom is 0.120 e. The zero-order chi connectivity index (χ0) is 19.2. The quantitative estimate of drug-likeness (QED) is 0.619. The highest BCUT2D eigenvalue weighted by Gasteiger charge is 2.33. The van der Waals surface area contributed by atoms with Gasteiger partial charge < -0.3 is 14.5 Å².